The number of hydrogen-bond donors (Lipinski definition) is 5. The SMILES string of the molecule is O=C1NC(=O)N(C2OC(CO)C(O)C2O)CC1C#CCCO. The van der Waals surface area contributed by atoms with Crippen molar-refractivity contribution in [2.45, 2.75) is 31.0 Å². The van der Waals surface area contributed by atoms with Gasteiger partial charge in [-0.2, -0.15) is 0 Å². The number of aliphatic hydroxyl groups excluding tert-OH is 4. The van der Waals surface area contributed by atoms with Gasteiger partial charge in [0, 0.05) is 13.0 Å². The molecule has 0 spiro atoms. The van der Waals surface area contributed by atoms with Crippen LogP contribution >= 0.6 is 0 Å². The van der Waals surface area contributed by atoms with E-state index < -0.39 is 49.0 Å². The van der Waals surface area contributed by atoms with Gasteiger partial charge in [-0.3, -0.25) is 15.0 Å². The number of carbonyl (C=O) groups excluding carboxylic acids is 2. The second kappa shape index (κ2) is 7.04. The van der Waals surface area contributed by atoms with Crippen LogP contribution in [0.2, 0.25) is 0 Å². The predicted molar refractivity (Wildman–Crippen MR) is 71.0 cm³/mol. The molecule has 5 N–H and O–H groups in total. The number of urea groups is 1. The Balaban J connectivity index is 2.12. The topological polar surface area (TPSA) is 140 Å². The molecule has 0 aromatic rings. The summed E-state index contributed by atoms with van der Waals surface area (Å²) in [5.74, 6) is 3.84. The van der Waals surface area contributed by atoms with E-state index in [-0.39, 0.29) is 19.6 Å². The van der Waals surface area contributed by atoms with Crippen LogP contribution in [-0.2, 0) is 9.53 Å². The average Bonchev–Trinajstić information content (AvgIpc) is 2.77. The lowest BCUT2D eigenvalue weighted by atomic mass is 10.0. The lowest BCUT2D eigenvalue weighted by molar-refractivity contribution is -0.129. The molecule has 0 bridgehead atoms. The lowest BCUT2D eigenvalue weighted by Crippen LogP contribution is -2.59. The summed E-state index contributed by atoms with van der Waals surface area (Å²) in [5.41, 5.74) is 0. The highest BCUT2D eigenvalue weighted by atomic mass is 16.6. The van der Waals surface area contributed by atoms with Gasteiger partial charge in [0.1, 0.15) is 24.2 Å². The highest BCUT2D eigenvalue weighted by Crippen LogP contribution is 2.26. The Morgan fingerprint density at radius 1 is 1.27 bits per heavy atom. The standard InChI is InChI=1S/C13H18N2O7/c16-4-2-1-3-7-5-15(13(21)14-11(7)20)12-10(19)9(18)8(6-17)22-12/h7-10,12,16-19H,2,4-6H2,(H,14,20,21). The molecule has 2 aliphatic heterocycles. The minimum atomic E-state index is -1.40. The largest absolute Gasteiger partial charge is 0.395 e. The summed E-state index contributed by atoms with van der Waals surface area (Å²) in [4.78, 5) is 24.7. The van der Waals surface area contributed by atoms with Gasteiger partial charge >= 0.3 is 6.03 Å². The second-order valence-electron chi connectivity index (χ2n) is 5.02. The van der Waals surface area contributed by atoms with E-state index >= 15 is 0 Å². The van der Waals surface area contributed by atoms with E-state index in [0.717, 1.165) is 4.90 Å². The maximum Gasteiger partial charge on any atom is 0.326 e. The molecule has 0 aromatic carbocycles. The minimum absolute atomic E-state index is 0.115. The van der Waals surface area contributed by atoms with Crippen molar-refractivity contribution in [2.24, 2.45) is 5.92 Å². The zero-order valence-electron chi connectivity index (χ0n) is 11.7. The molecule has 0 saturated carbocycles. The van der Waals surface area contributed by atoms with E-state index in [2.05, 4.69) is 17.2 Å². The van der Waals surface area contributed by atoms with Gasteiger partial charge < -0.3 is 25.2 Å². The summed E-state index contributed by atoms with van der Waals surface area (Å²) in [6, 6.07) is -0.764. The van der Waals surface area contributed by atoms with Crippen LogP contribution in [0.1, 0.15) is 6.42 Å². The highest BCUT2D eigenvalue weighted by molar-refractivity contribution is 5.99. The van der Waals surface area contributed by atoms with Crippen molar-refractivity contribution in [1.29, 1.82) is 0 Å². The zero-order chi connectivity index (χ0) is 16.3. The van der Waals surface area contributed by atoms with Crippen LogP contribution in [0.4, 0.5) is 4.79 Å². The van der Waals surface area contributed by atoms with E-state index in [1.807, 2.05) is 0 Å². The molecule has 2 saturated heterocycles. The van der Waals surface area contributed by atoms with Crippen molar-refractivity contribution in [3.8, 4) is 11.8 Å². The van der Waals surface area contributed by atoms with Gasteiger partial charge in [0.25, 0.3) is 0 Å². The third kappa shape index (κ3) is 3.21. The maximum atomic E-state index is 11.9. The van der Waals surface area contributed by atoms with Crippen molar-refractivity contribution >= 4 is 11.9 Å². The number of amides is 3. The quantitative estimate of drug-likeness (QED) is 0.349. The average molecular weight is 314 g/mol. The molecule has 0 aliphatic carbocycles. The van der Waals surface area contributed by atoms with Gasteiger partial charge in [-0.25, -0.2) is 4.79 Å². The Bertz CT molecular complexity index is 500. The normalized spacial score (nSPS) is 35.1. The maximum absolute atomic E-state index is 11.9. The van der Waals surface area contributed by atoms with E-state index in [1.54, 1.807) is 0 Å². The molecule has 9 heteroatoms. The number of carbonyl (C=O) groups is 2. The Morgan fingerprint density at radius 2 is 2.00 bits per heavy atom. The van der Waals surface area contributed by atoms with Gasteiger partial charge in [-0.15, -0.1) is 5.92 Å². The molecule has 122 valence electrons. The second-order valence-corrected chi connectivity index (χ2v) is 5.02. The van der Waals surface area contributed by atoms with Crippen LogP contribution in [0.5, 0.6) is 0 Å². The first kappa shape index (κ1) is 16.7. The van der Waals surface area contributed by atoms with E-state index in [4.69, 9.17) is 14.9 Å². The van der Waals surface area contributed by atoms with Crippen molar-refractivity contribution in [3.63, 3.8) is 0 Å². The molecule has 9 nitrogen and oxygen atoms in total. The van der Waals surface area contributed by atoms with E-state index in [1.165, 1.54) is 0 Å². The fraction of sp³-hybridized carbons (Fsp3) is 0.692. The monoisotopic (exact) mass is 314 g/mol. The van der Waals surface area contributed by atoms with Crippen molar-refractivity contribution in [1.82, 2.24) is 10.2 Å². The van der Waals surface area contributed by atoms with Gasteiger partial charge in [-0.1, -0.05) is 5.92 Å². The Morgan fingerprint density at radius 3 is 2.59 bits per heavy atom. The van der Waals surface area contributed by atoms with E-state index in [0.29, 0.717) is 0 Å². The number of aliphatic hydroxyl groups is 4. The number of imide groups is 1. The zero-order valence-corrected chi connectivity index (χ0v) is 11.7. The first-order valence-electron chi connectivity index (χ1n) is 6.82. The van der Waals surface area contributed by atoms with Gasteiger partial charge in [0.2, 0.25) is 5.91 Å². The predicted octanol–water partition coefficient (Wildman–Crippen LogP) is -3.02. The van der Waals surface area contributed by atoms with Crippen molar-refractivity contribution in [3.05, 3.63) is 0 Å². The first-order chi connectivity index (χ1) is 10.5. The fourth-order valence-electron chi connectivity index (χ4n) is 2.35. The Labute approximate surface area is 126 Å². The summed E-state index contributed by atoms with van der Waals surface area (Å²) in [5, 5.41) is 39.5. The van der Waals surface area contributed by atoms with Crippen LogP contribution in [0, 0.1) is 17.8 Å². The molecule has 5 atom stereocenters. The first-order valence-corrected chi connectivity index (χ1v) is 6.82. The Kier molecular flexibility index (Phi) is 5.33. The summed E-state index contributed by atoms with van der Waals surface area (Å²) in [6.07, 6.45) is -4.72. The molecule has 22 heavy (non-hydrogen) atoms. The highest BCUT2D eigenvalue weighted by Gasteiger charge is 2.48. The van der Waals surface area contributed by atoms with Crippen molar-refractivity contribution in [2.75, 3.05) is 19.8 Å². The van der Waals surface area contributed by atoms with Crippen LogP contribution < -0.4 is 5.32 Å². The van der Waals surface area contributed by atoms with Crippen LogP contribution in [0.15, 0.2) is 0 Å². The molecular formula is C13H18N2O7. The van der Waals surface area contributed by atoms with Crippen LogP contribution in [-0.4, -0.2) is 81.6 Å². The van der Waals surface area contributed by atoms with Gasteiger partial charge in [0.05, 0.1) is 13.2 Å². The molecular weight excluding hydrogens is 296 g/mol. The molecule has 0 aromatic heterocycles. The van der Waals surface area contributed by atoms with Crippen LogP contribution in [0.25, 0.3) is 0 Å². The van der Waals surface area contributed by atoms with Crippen molar-refractivity contribution < 1.29 is 34.8 Å². The third-order valence-corrected chi connectivity index (χ3v) is 3.52. The third-order valence-electron chi connectivity index (χ3n) is 3.52. The molecule has 2 rings (SSSR count). The molecule has 2 fully saturated rings. The molecule has 0 radical (unpaired) electrons. The molecule has 2 aliphatic rings. The van der Waals surface area contributed by atoms with E-state index in [9.17, 15) is 19.8 Å². The number of rotatable bonds is 3. The number of nitrogens with zero attached hydrogens (tertiary/aromatic N) is 1. The summed E-state index contributed by atoms with van der Waals surface area (Å²) < 4.78 is 5.27. The van der Waals surface area contributed by atoms with Gasteiger partial charge in [-0.05, 0) is 0 Å². The number of hydrogen-bond acceptors (Lipinski definition) is 7. The minimum Gasteiger partial charge on any atom is -0.395 e. The molecule has 5 unspecified atom stereocenters. The lowest BCUT2D eigenvalue weighted by Gasteiger charge is -2.35. The number of ether oxygens (including phenoxy) is 1. The molecule has 3 amide bonds. The fourth-order valence-corrected chi connectivity index (χ4v) is 2.35. The van der Waals surface area contributed by atoms with Crippen LogP contribution in [0.3, 0.4) is 0 Å². The van der Waals surface area contributed by atoms with Gasteiger partial charge in [0.15, 0.2) is 6.23 Å². The summed E-state index contributed by atoms with van der Waals surface area (Å²) in [7, 11) is 0. The summed E-state index contributed by atoms with van der Waals surface area (Å²) >= 11 is 0. The summed E-state index contributed by atoms with van der Waals surface area (Å²) in [6.45, 7) is -0.767. The number of nitrogens with one attached hydrogen (secondary N) is 1. The molecule has 2 heterocycles. The smallest absolute Gasteiger partial charge is 0.326 e. The Hall–Kier alpha value is -1.70.